The maximum Gasteiger partial charge on any atom is 0.304 e. The Hall–Kier alpha value is -1.67. The number of aromatic amines is 1. The van der Waals surface area contributed by atoms with Gasteiger partial charge in [0, 0.05) is 28.8 Å². The summed E-state index contributed by atoms with van der Waals surface area (Å²) in [6.45, 7) is 0.271. The number of aromatic nitrogens is 2. The summed E-state index contributed by atoms with van der Waals surface area (Å²) in [5, 5.41) is 7.27. The molecule has 0 bridgehead atoms. The second kappa shape index (κ2) is 5.98. The lowest BCUT2D eigenvalue weighted by atomic mass is 10.2. The van der Waals surface area contributed by atoms with Crippen molar-refractivity contribution in [2.24, 2.45) is 0 Å². The molecule has 0 saturated heterocycles. The zero-order chi connectivity index (χ0) is 13.8. The Morgan fingerprint density at radius 3 is 3.00 bits per heavy atom. The summed E-state index contributed by atoms with van der Waals surface area (Å²) >= 11 is 4.34. The van der Waals surface area contributed by atoms with Crippen LogP contribution in [-0.4, -0.2) is 22.9 Å². The van der Waals surface area contributed by atoms with Crippen molar-refractivity contribution in [1.82, 2.24) is 15.3 Å². The Bertz CT molecular complexity index is 652. The van der Waals surface area contributed by atoms with Crippen molar-refractivity contribution in [2.75, 3.05) is 12.4 Å². The summed E-state index contributed by atoms with van der Waals surface area (Å²) in [6, 6.07) is 1.69. The maximum atomic E-state index is 12.1. The molecule has 0 aliphatic heterocycles. The molecule has 2 rings (SSSR count). The number of nitrogens with one attached hydrogen (secondary N) is 3. The Labute approximate surface area is 121 Å². The van der Waals surface area contributed by atoms with Gasteiger partial charge in [-0.15, -0.1) is 0 Å². The predicted molar refractivity (Wildman–Crippen MR) is 77.6 cm³/mol. The maximum absolute atomic E-state index is 12.1. The Morgan fingerprint density at radius 1 is 1.58 bits per heavy atom. The van der Waals surface area contributed by atoms with Gasteiger partial charge in [-0.3, -0.25) is 9.59 Å². The minimum absolute atomic E-state index is 0.135. The zero-order valence-electron chi connectivity index (χ0n) is 9.99. The lowest BCUT2D eigenvalue weighted by Crippen LogP contribution is -2.24. The average Bonchev–Trinajstić information content (AvgIpc) is 2.81. The van der Waals surface area contributed by atoms with Crippen molar-refractivity contribution in [2.45, 2.75) is 6.54 Å². The van der Waals surface area contributed by atoms with Gasteiger partial charge in [0.2, 0.25) is 0 Å². The molecule has 2 aromatic rings. The number of halogens is 1. The number of pyridine rings is 1. The predicted octanol–water partition coefficient (Wildman–Crippen LogP) is 1.57. The summed E-state index contributed by atoms with van der Waals surface area (Å²) in [5.74, 6) is 0.240. The first-order chi connectivity index (χ1) is 9.10. The van der Waals surface area contributed by atoms with Crippen LogP contribution < -0.4 is 15.5 Å². The number of carbonyl (C=O) groups is 1. The van der Waals surface area contributed by atoms with Crippen molar-refractivity contribution in [3.05, 3.63) is 43.0 Å². The van der Waals surface area contributed by atoms with Crippen LogP contribution >= 0.6 is 27.3 Å². The Kier molecular flexibility index (Phi) is 4.33. The van der Waals surface area contributed by atoms with Crippen LogP contribution in [-0.2, 0) is 6.54 Å². The highest BCUT2D eigenvalue weighted by molar-refractivity contribution is 9.10. The van der Waals surface area contributed by atoms with Crippen LogP contribution in [0.2, 0.25) is 0 Å². The van der Waals surface area contributed by atoms with E-state index < -0.39 is 0 Å². The van der Waals surface area contributed by atoms with Gasteiger partial charge >= 0.3 is 4.87 Å². The minimum atomic E-state index is -0.259. The van der Waals surface area contributed by atoms with Gasteiger partial charge in [-0.1, -0.05) is 11.3 Å². The van der Waals surface area contributed by atoms with E-state index in [0.717, 1.165) is 15.8 Å². The van der Waals surface area contributed by atoms with Crippen molar-refractivity contribution in [1.29, 1.82) is 0 Å². The molecule has 0 radical (unpaired) electrons. The molecular weight excluding hydrogens is 332 g/mol. The van der Waals surface area contributed by atoms with E-state index in [2.05, 4.69) is 36.5 Å². The summed E-state index contributed by atoms with van der Waals surface area (Å²) in [7, 11) is 1.70. The summed E-state index contributed by atoms with van der Waals surface area (Å²) in [6.07, 6.45) is 1.61. The molecule has 0 spiro atoms. The van der Waals surface area contributed by atoms with E-state index >= 15 is 0 Å². The molecule has 2 heterocycles. The SMILES string of the molecule is CNc1ncc(Br)cc1C(=O)NCc1csc(=O)[nH]1. The van der Waals surface area contributed by atoms with E-state index in [1.54, 1.807) is 24.7 Å². The van der Waals surface area contributed by atoms with E-state index in [9.17, 15) is 9.59 Å². The highest BCUT2D eigenvalue weighted by atomic mass is 79.9. The smallest absolute Gasteiger partial charge is 0.304 e. The number of hydrogen-bond donors (Lipinski definition) is 3. The summed E-state index contributed by atoms with van der Waals surface area (Å²) in [5.41, 5.74) is 1.12. The van der Waals surface area contributed by atoms with Crippen LogP contribution in [0.3, 0.4) is 0 Å². The Balaban J connectivity index is 2.11. The molecule has 8 heteroatoms. The van der Waals surface area contributed by atoms with Crippen LogP contribution in [0.15, 0.2) is 26.9 Å². The molecule has 0 atom stereocenters. The van der Waals surface area contributed by atoms with Crippen molar-refractivity contribution < 1.29 is 4.79 Å². The third kappa shape index (κ3) is 3.42. The second-order valence-corrected chi connectivity index (χ2v) is 5.41. The second-order valence-electron chi connectivity index (χ2n) is 3.66. The van der Waals surface area contributed by atoms with Crippen molar-refractivity contribution in [3.8, 4) is 0 Å². The number of hydrogen-bond acceptors (Lipinski definition) is 5. The molecule has 0 aromatic carbocycles. The molecule has 0 aliphatic carbocycles. The largest absolute Gasteiger partial charge is 0.372 e. The van der Waals surface area contributed by atoms with Gasteiger partial charge in [0.1, 0.15) is 5.82 Å². The first-order valence-corrected chi connectivity index (χ1v) is 7.05. The van der Waals surface area contributed by atoms with Crippen LogP contribution in [0.1, 0.15) is 16.1 Å². The number of amides is 1. The number of thiazole rings is 1. The number of nitrogens with zero attached hydrogens (tertiary/aromatic N) is 1. The van der Waals surface area contributed by atoms with Gasteiger partial charge < -0.3 is 15.6 Å². The molecule has 6 nitrogen and oxygen atoms in total. The number of carbonyl (C=O) groups excluding carboxylic acids is 1. The van der Waals surface area contributed by atoms with E-state index in [-0.39, 0.29) is 17.3 Å². The van der Waals surface area contributed by atoms with Gasteiger partial charge in [0.25, 0.3) is 5.91 Å². The van der Waals surface area contributed by atoms with E-state index in [1.165, 1.54) is 0 Å². The molecule has 3 N–H and O–H groups in total. The molecule has 0 saturated carbocycles. The molecule has 0 aliphatic rings. The fourth-order valence-corrected chi connectivity index (χ4v) is 2.40. The third-order valence-corrected chi connectivity index (χ3v) is 3.50. The van der Waals surface area contributed by atoms with Crippen LogP contribution in [0.5, 0.6) is 0 Å². The standard InChI is InChI=1S/C11H11BrN4O2S/c1-13-9-8(2-6(12)3-14-9)10(17)15-4-7-5-19-11(18)16-7/h2-3,5H,4H2,1H3,(H,13,14)(H,15,17)(H,16,18). The van der Waals surface area contributed by atoms with Gasteiger partial charge in [-0.05, 0) is 22.0 Å². The first-order valence-electron chi connectivity index (χ1n) is 5.38. The topological polar surface area (TPSA) is 86.9 Å². The van der Waals surface area contributed by atoms with Gasteiger partial charge in [0.15, 0.2) is 0 Å². The summed E-state index contributed by atoms with van der Waals surface area (Å²) in [4.78, 5) is 29.6. The highest BCUT2D eigenvalue weighted by Gasteiger charge is 2.12. The lowest BCUT2D eigenvalue weighted by Gasteiger charge is -2.08. The molecule has 1 amide bonds. The molecule has 19 heavy (non-hydrogen) atoms. The fraction of sp³-hybridized carbons (Fsp3) is 0.182. The average molecular weight is 343 g/mol. The van der Waals surface area contributed by atoms with Crippen molar-refractivity contribution in [3.63, 3.8) is 0 Å². The van der Waals surface area contributed by atoms with Gasteiger partial charge in [-0.2, -0.15) is 0 Å². The number of anilines is 1. The molecular formula is C11H11BrN4O2S. The van der Waals surface area contributed by atoms with E-state index in [4.69, 9.17) is 0 Å². The molecule has 2 aromatic heterocycles. The monoisotopic (exact) mass is 342 g/mol. The Morgan fingerprint density at radius 2 is 2.37 bits per heavy atom. The fourth-order valence-electron chi connectivity index (χ4n) is 1.48. The highest BCUT2D eigenvalue weighted by Crippen LogP contribution is 2.17. The van der Waals surface area contributed by atoms with Crippen LogP contribution in [0.25, 0.3) is 0 Å². The molecule has 0 fully saturated rings. The molecule has 100 valence electrons. The van der Waals surface area contributed by atoms with Gasteiger partial charge in [0.05, 0.1) is 12.1 Å². The normalized spacial score (nSPS) is 10.2. The number of H-pyrrole nitrogens is 1. The first kappa shape index (κ1) is 13.8. The lowest BCUT2D eigenvalue weighted by molar-refractivity contribution is 0.0951. The minimum Gasteiger partial charge on any atom is -0.372 e. The zero-order valence-corrected chi connectivity index (χ0v) is 12.4. The molecule has 0 unspecified atom stereocenters. The van der Waals surface area contributed by atoms with E-state index in [1.807, 2.05) is 0 Å². The number of rotatable bonds is 4. The van der Waals surface area contributed by atoms with Crippen molar-refractivity contribution >= 4 is 39.0 Å². The summed E-state index contributed by atoms with van der Waals surface area (Å²) < 4.78 is 0.723. The quantitative estimate of drug-likeness (QED) is 0.786. The van der Waals surface area contributed by atoms with E-state index in [0.29, 0.717) is 17.1 Å². The van der Waals surface area contributed by atoms with Crippen LogP contribution in [0.4, 0.5) is 5.82 Å². The van der Waals surface area contributed by atoms with Crippen LogP contribution in [0, 0.1) is 0 Å². The van der Waals surface area contributed by atoms with Gasteiger partial charge in [-0.25, -0.2) is 4.98 Å². The third-order valence-electron chi connectivity index (χ3n) is 2.35.